The lowest BCUT2D eigenvalue weighted by Crippen LogP contribution is -2.41. The molecule has 2 aliphatic rings. The van der Waals surface area contributed by atoms with Crippen LogP contribution in [0.4, 0.5) is 14.5 Å². The van der Waals surface area contributed by atoms with Gasteiger partial charge in [0.25, 0.3) is 0 Å². The van der Waals surface area contributed by atoms with Crippen LogP contribution in [0.25, 0.3) is 0 Å². The highest BCUT2D eigenvalue weighted by atomic mass is 19.1. The molecule has 1 aromatic carbocycles. The first-order valence-electron chi connectivity index (χ1n) is 8.50. The van der Waals surface area contributed by atoms with Gasteiger partial charge in [-0.3, -0.25) is 9.59 Å². The molecule has 1 aromatic rings. The van der Waals surface area contributed by atoms with Crippen molar-refractivity contribution in [2.24, 2.45) is 11.8 Å². The molecule has 1 aliphatic heterocycles. The molecule has 2 amide bonds. The third kappa shape index (κ3) is 3.57. The fourth-order valence-electron chi connectivity index (χ4n) is 3.54. The van der Waals surface area contributed by atoms with E-state index in [1.807, 2.05) is 0 Å². The van der Waals surface area contributed by atoms with Gasteiger partial charge in [-0.25, -0.2) is 8.78 Å². The van der Waals surface area contributed by atoms with Crippen LogP contribution in [0.5, 0.6) is 0 Å². The normalized spacial score (nSPS) is 27.4. The predicted octanol–water partition coefficient (Wildman–Crippen LogP) is 3.01. The van der Waals surface area contributed by atoms with Gasteiger partial charge in [-0.05, 0) is 43.7 Å². The molecule has 24 heavy (non-hydrogen) atoms. The molecule has 0 spiro atoms. The van der Waals surface area contributed by atoms with E-state index in [-0.39, 0.29) is 36.5 Å². The summed E-state index contributed by atoms with van der Waals surface area (Å²) in [6, 6.07) is 3.27. The lowest BCUT2D eigenvalue weighted by atomic mass is 9.87. The Balaban J connectivity index is 1.62. The number of halogens is 2. The minimum absolute atomic E-state index is 0.0307. The van der Waals surface area contributed by atoms with Gasteiger partial charge in [0.2, 0.25) is 11.8 Å². The predicted molar refractivity (Wildman–Crippen MR) is 86.4 cm³/mol. The Hall–Kier alpha value is -1.98. The van der Waals surface area contributed by atoms with Crippen LogP contribution in [0, 0.1) is 23.5 Å². The average Bonchev–Trinajstić information content (AvgIpc) is 2.91. The SMILES string of the molecule is CC1CCC(NC(=O)C2CC(=O)N(c3ccc(F)cc3F)C2)CC1. The number of nitrogens with one attached hydrogen (secondary N) is 1. The summed E-state index contributed by atoms with van der Waals surface area (Å²) in [4.78, 5) is 25.8. The van der Waals surface area contributed by atoms with Crippen LogP contribution in [0.1, 0.15) is 39.0 Å². The molecule has 0 bridgehead atoms. The molecular formula is C18H22F2N2O2. The van der Waals surface area contributed by atoms with Gasteiger partial charge in [0.15, 0.2) is 0 Å². The first kappa shape index (κ1) is 16.9. The van der Waals surface area contributed by atoms with Crippen molar-refractivity contribution < 1.29 is 18.4 Å². The number of nitrogens with zero attached hydrogens (tertiary/aromatic N) is 1. The first-order valence-corrected chi connectivity index (χ1v) is 8.50. The molecule has 1 aliphatic carbocycles. The van der Waals surface area contributed by atoms with E-state index in [9.17, 15) is 18.4 Å². The highest BCUT2D eigenvalue weighted by Gasteiger charge is 2.37. The van der Waals surface area contributed by atoms with Crippen LogP contribution in [0.15, 0.2) is 18.2 Å². The van der Waals surface area contributed by atoms with E-state index >= 15 is 0 Å². The van der Waals surface area contributed by atoms with Crippen molar-refractivity contribution in [1.29, 1.82) is 0 Å². The van der Waals surface area contributed by atoms with Crippen molar-refractivity contribution >= 4 is 17.5 Å². The van der Waals surface area contributed by atoms with Crippen LogP contribution >= 0.6 is 0 Å². The van der Waals surface area contributed by atoms with Crippen molar-refractivity contribution in [3.63, 3.8) is 0 Å². The maximum absolute atomic E-state index is 13.9. The van der Waals surface area contributed by atoms with E-state index in [2.05, 4.69) is 12.2 Å². The second kappa shape index (κ2) is 6.87. The molecule has 6 heteroatoms. The first-order chi connectivity index (χ1) is 11.4. The minimum atomic E-state index is -0.786. The smallest absolute Gasteiger partial charge is 0.227 e. The van der Waals surface area contributed by atoms with Crippen molar-refractivity contribution in [2.45, 2.75) is 45.1 Å². The van der Waals surface area contributed by atoms with E-state index in [0.717, 1.165) is 37.8 Å². The summed E-state index contributed by atoms with van der Waals surface area (Å²) in [6.45, 7) is 2.35. The number of carbonyl (C=O) groups is 2. The van der Waals surface area contributed by atoms with Gasteiger partial charge in [-0.15, -0.1) is 0 Å². The molecular weight excluding hydrogens is 314 g/mol. The molecule has 1 heterocycles. The Bertz CT molecular complexity index is 642. The van der Waals surface area contributed by atoms with Crippen LogP contribution in [0.3, 0.4) is 0 Å². The second-order valence-electron chi connectivity index (χ2n) is 6.97. The molecule has 2 fully saturated rings. The van der Waals surface area contributed by atoms with E-state index in [1.165, 1.54) is 11.0 Å². The van der Waals surface area contributed by atoms with Crippen molar-refractivity contribution in [1.82, 2.24) is 5.32 Å². The largest absolute Gasteiger partial charge is 0.353 e. The van der Waals surface area contributed by atoms with Crippen LogP contribution in [0.2, 0.25) is 0 Å². The van der Waals surface area contributed by atoms with Gasteiger partial charge in [0, 0.05) is 25.1 Å². The molecule has 4 nitrogen and oxygen atoms in total. The summed E-state index contributed by atoms with van der Waals surface area (Å²) in [5, 5.41) is 3.03. The van der Waals surface area contributed by atoms with Crippen LogP contribution < -0.4 is 10.2 Å². The summed E-state index contributed by atoms with van der Waals surface area (Å²) in [5.74, 6) is -1.72. The van der Waals surface area contributed by atoms with Gasteiger partial charge in [0.05, 0.1) is 11.6 Å². The van der Waals surface area contributed by atoms with E-state index in [4.69, 9.17) is 0 Å². The molecule has 1 saturated carbocycles. The standard InChI is InChI=1S/C18H22F2N2O2/c1-11-2-5-14(6-3-11)21-18(24)12-8-17(23)22(10-12)16-7-4-13(19)9-15(16)20/h4,7,9,11-12,14H,2-3,5-6,8,10H2,1H3,(H,21,24). The maximum Gasteiger partial charge on any atom is 0.227 e. The van der Waals surface area contributed by atoms with Crippen molar-refractivity contribution in [3.05, 3.63) is 29.8 Å². The second-order valence-corrected chi connectivity index (χ2v) is 6.97. The van der Waals surface area contributed by atoms with Gasteiger partial charge >= 0.3 is 0 Å². The molecule has 1 N–H and O–H groups in total. The van der Waals surface area contributed by atoms with Gasteiger partial charge < -0.3 is 10.2 Å². The highest BCUT2D eigenvalue weighted by molar-refractivity contribution is 6.00. The number of amides is 2. The Morgan fingerprint density at radius 1 is 1.21 bits per heavy atom. The summed E-state index contributed by atoms with van der Waals surface area (Å²) in [7, 11) is 0. The minimum Gasteiger partial charge on any atom is -0.353 e. The number of hydrogen-bond donors (Lipinski definition) is 1. The van der Waals surface area contributed by atoms with E-state index < -0.39 is 17.6 Å². The lowest BCUT2D eigenvalue weighted by molar-refractivity contribution is -0.127. The fraction of sp³-hybridized carbons (Fsp3) is 0.556. The zero-order valence-corrected chi connectivity index (χ0v) is 13.7. The average molecular weight is 336 g/mol. The third-order valence-corrected chi connectivity index (χ3v) is 5.06. The third-order valence-electron chi connectivity index (χ3n) is 5.06. The molecule has 0 aromatic heterocycles. The molecule has 0 radical (unpaired) electrons. The quantitative estimate of drug-likeness (QED) is 0.922. The van der Waals surface area contributed by atoms with Crippen molar-refractivity contribution in [2.75, 3.05) is 11.4 Å². The zero-order valence-electron chi connectivity index (χ0n) is 13.7. The Morgan fingerprint density at radius 3 is 2.58 bits per heavy atom. The number of hydrogen-bond acceptors (Lipinski definition) is 2. The summed E-state index contributed by atoms with van der Waals surface area (Å²) >= 11 is 0. The summed E-state index contributed by atoms with van der Waals surface area (Å²) in [6.07, 6.45) is 4.18. The summed E-state index contributed by atoms with van der Waals surface area (Å²) in [5.41, 5.74) is 0.0307. The van der Waals surface area contributed by atoms with Gasteiger partial charge in [-0.1, -0.05) is 6.92 Å². The van der Waals surface area contributed by atoms with Crippen LogP contribution in [-0.4, -0.2) is 24.4 Å². The Labute approximate surface area is 140 Å². The monoisotopic (exact) mass is 336 g/mol. The lowest BCUT2D eigenvalue weighted by Gasteiger charge is -2.27. The number of carbonyl (C=O) groups excluding carboxylic acids is 2. The summed E-state index contributed by atoms with van der Waals surface area (Å²) < 4.78 is 26.9. The van der Waals surface area contributed by atoms with Crippen molar-refractivity contribution in [3.8, 4) is 0 Å². The molecule has 1 unspecified atom stereocenters. The molecule has 3 rings (SSSR count). The Kier molecular flexibility index (Phi) is 4.83. The number of benzene rings is 1. The molecule has 130 valence electrons. The van der Waals surface area contributed by atoms with Crippen LogP contribution in [-0.2, 0) is 9.59 Å². The zero-order chi connectivity index (χ0) is 17.3. The topological polar surface area (TPSA) is 49.4 Å². The highest BCUT2D eigenvalue weighted by Crippen LogP contribution is 2.29. The van der Waals surface area contributed by atoms with E-state index in [0.29, 0.717) is 5.92 Å². The Morgan fingerprint density at radius 2 is 1.92 bits per heavy atom. The van der Waals surface area contributed by atoms with Gasteiger partial charge in [0.1, 0.15) is 11.6 Å². The number of rotatable bonds is 3. The maximum atomic E-state index is 13.9. The molecule has 1 saturated heterocycles. The van der Waals surface area contributed by atoms with Gasteiger partial charge in [-0.2, -0.15) is 0 Å². The fourth-order valence-corrected chi connectivity index (χ4v) is 3.54. The van der Waals surface area contributed by atoms with E-state index in [1.54, 1.807) is 0 Å². The number of anilines is 1. The molecule has 1 atom stereocenters.